The quantitative estimate of drug-likeness (QED) is 0.493. The molecule has 0 aliphatic rings. The van der Waals surface area contributed by atoms with E-state index in [1.165, 1.54) is 4.70 Å². The van der Waals surface area contributed by atoms with Gasteiger partial charge in [-0.1, -0.05) is 29.5 Å². The second-order valence-corrected chi connectivity index (χ2v) is 5.79. The summed E-state index contributed by atoms with van der Waals surface area (Å²) >= 11 is 1.71. The normalized spacial score (nSPS) is 10.8. The highest BCUT2D eigenvalue weighted by molar-refractivity contribution is 7.18. The van der Waals surface area contributed by atoms with Crippen molar-refractivity contribution >= 4 is 33.7 Å². The fraction of sp³-hybridized carbons (Fsp3) is 0.118. The Morgan fingerprint density at radius 1 is 1.14 bits per heavy atom. The molecule has 114 valence electrons. The van der Waals surface area contributed by atoms with Crippen molar-refractivity contribution in [2.75, 3.05) is 7.11 Å². The van der Waals surface area contributed by atoms with E-state index in [9.17, 15) is 5.11 Å². The molecule has 0 spiro atoms. The summed E-state index contributed by atoms with van der Waals surface area (Å²) in [5.41, 5.74) is 1.95. The molecule has 1 N–H and O–H groups in total. The third-order valence-corrected chi connectivity index (χ3v) is 4.60. The lowest BCUT2D eigenvalue weighted by Crippen LogP contribution is -3.00. The van der Waals surface area contributed by atoms with Crippen LogP contribution in [0.1, 0.15) is 10.6 Å². The molecule has 0 radical (unpaired) electrons. The van der Waals surface area contributed by atoms with Gasteiger partial charge in [0.15, 0.2) is 0 Å². The highest BCUT2D eigenvalue weighted by Crippen LogP contribution is 2.26. The van der Waals surface area contributed by atoms with Gasteiger partial charge in [0, 0.05) is 11.6 Å². The molecule has 0 amide bonds. The van der Waals surface area contributed by atoms with Crippen LogP contribution < -0.4 is 33.3 Å². The first kappa shape index (κ1) is 16.8. The molecular weight excluding hydrogens is 409 g/mol. The number of benzene rings is 2. The maximum atomic E-state index is 9.79. The Labute approximate surface area is 150 Å². The lowest BCUT2D eigenvalue weighted by Gasteiger charge is -1.96. The number of nitrogens with zero attached hydrogens (tertiary/aromatic N) is 1. The summed E-state index contributed by atoms with van der Waals surface area (Å²) in [4.78, 5) is 0. The van der Waals surface area contributed by atoms with Gasteiger partial charge in [0.2, 0.25) is 5.52 Å². The molecule has 22 heavy (non-hydrogen) atoms. The maximum absolute atomic E-state index is 9.79. The number of halogens is 1. The second kappa shape index (κ2) is 7.11. The van der Waals surface area contributed by atoms with E-state index in [-0.39, 0.29) is 24.0 Å². The summed E-state index contributed by atoms with van der Waals surface area (Å²) in [5, 5.41) is 10.9. The van der Waals surface area contributed by atoms with E-state index in [1.54, 1.807) is 24.5 Å². The van der Waals surface area contributed by atoms with Crippen LogP contribution in [0.3, 0.4) is 0 Å². The zero-order valence-electron chi connectivity index (χ0n) is 12.3. The predicted octanol–water partition coefficient (Wildman–Crippen LogP) is 0.614. The molecule has 3 nitrogen and oxygen atoms in total. The van der Waals surface area contributed by atoms with Crippen LogP contribution in [0.2, 0.25) is 0 Å². The van der Waals surface area contributed by atoms with E-state index in [0.717, 1.165) is 21.8 Å². The Morgan fingerprint density at radius 2 is 1.91 bits per heavy atom. The van der Waals surface area contributed by atoms with Gasteiger partial charge >= 0.3 is 0 Å². The van der Waals surface area contributed by atoms with Crippen LogP contribution >= 0.6 is 11.3 Å². The lowest BCUT2D eigenvalue weighted by molar-refractivity contribution is -0.642. The number of para-hydroxylation sites is 1. The molecule has 3 aromatic rings. The van der Waals surface area contributed by atoms with E-state index in [1.807, 2.05) is 49.5 Å². The van der Waals surface area contributed by atoms with E-state index >= 15 is 0 Å². The predicted molar refractivity (Wildman–Crippen MR) is 86.6 cm³/mol. The van der Waals surface area contributed by atoms with Gasteiger partial charge < -0.3 is 33.8 Å². The molecule has 0 fully saturated rings. The van der Waals surface area contributed by atoms with Crippen LogP contribution in [-0.2, 0) is 7.05 Å². The van der Waals surface area contributed by atoms with Crippen molar-refractivity contribution in [1.82, 2.24) is 0 Å². The first-order valence-electron chi connectivity index (χ1n) is 6.61. The molecule has 0 saturated carbocycles. The molecule has 0 unspecified atom stereocenters. The Bertz CT molecular complexity index is 827. The molecule has 3 rings (SSSR count). The molecule has 1 heterocycles. The minimum Gasteiger partial charge on any atom is -1.00 e. The summed E-state index contributed by atoms with van der Waals surface area (Å²) in [6.45, 7) is 0. The molecule has 5 heteroatoms. The Hall–Kier alpha value is -1.60. The number of methoxy groups -OCH3 is 1. The van der Waals surface area contributed by atoms with E-state index in [2.05, 4.69) is 10.6 Å². The third-order valence-electron chi connectivity index (χ3n) is 3.41. The monoisotopic (exact) mass is 425 g/mol. The third kappa shape index (κ3) is 3.25. The fourth-order valence-electron chi connectivity index (χ4n) is 2.21. The van der Waals surface area contributed by atoms with Crippen LogP contribution in [-0.4, -0.2) is 12.2 Å². The SMILES string of the molecule is COc1ccc2sc(/C=C/c3ccccc3O)[n+](C)c2c1.[I-]. The van der Waals surface area contributed by atoms with Crippen molar-refractivity contribution in [2.45, 2.75) is 0 Å². The molecule has 0 saturated heterocycles. The smallest absolute Gasteiger partial charge is 0.262 e. The Morgan fingerprint density at radius 3 is 2.64 bits per heavy atom. The number of aromatic hydroxyl groups is 1. The zero-order chi connectivity index (χ0) is 14.8. The summed E-state index contributed by atoms with van der Waals surface area (Å²) in [7, 11) is 3.70. The van der Waals surface area contributed by atoms with Gasteiger partial charge in [0.1, 0.15) is 23.2 Å². The fourth-order valence-corrected chi connectivity index (χ4v) is 3.24. The average molecular weight is 425 g/mol. The molecule has 0 atom stereocenters. The highest BCUT2D eigenvalue weighted by atomic mass is 127. The van der Waals surface area contributed by atoms with Crippen molar-refractivity contribution < 1.29 is 38.4 Å². The van der Waals surface area contributed by atoms with Gasteiger partial charge in [-0.3, -0.25) is 0 Å². The minimum atomic E-state index is 0. The molecule has 0 bridgehead atoms. The van der Waals surface area contributed by atoms with Crippen molar-refractivity contribution in [1.29, 1.82) is 0 Å². The topological polar surface area (TPSA) is 33.3 Å². The van der Waals surface area contributed by atoms with Gasteiger partial charge in [-0.2, -0.15) is 4.57 Å². The van der Waals surface area contributed by atoms with E-state index in [0.29, 0.717) is 5.75 Å². The van der Waals surface area contributed by atoms with Crippen molar-refractivity contribution in [3.63, 3.8) is 0 Å². The van der Waals surface area contributed by atoms with Gasteiger partial charge in [0.25, 0.3) is 5.01 Å². The van der Waals surface area contributed by atoms with Crippen LogP contribution in [0.15, 0.2) is 42.5 Å². The Kier molecular flexibility index (Phi) is 5.42. The van der Waals surface area contributed by atoms with Crippen molar-refractivity contribution in [3.05, 3.63) is 53.0 Å². The highest BCUT2D eigenvalue weighted by Gasteiger charge is 2.15. The van der Waals surface area contributed by atoms with Crippen molar-refractivity contribution in [3.8, 4) is 11.5 Å². The standard InChI is InChI=1S/C17H15NO2S.HI/c1-18-14-11-13(20-2)8-9-16(14)21-17(18)10-7-12-5-3-4-6-15(12)19;/h3-11H,1-2H3;1H. The number of rotatable bonds is 3. The van der Waals surface area contributed by atoms with Crippen LogP contribution in [0.25, 0.3) is 22.4 Å². The van der Waals surface area contributed by atoms with Gasteiger partial charge in [0.05, 0.1) is 13.2 Å². The second-order valence-electron chi connectivity index (χ2n) is 4.73. The molecule has 0 aliphatic carbocycles. The summed E-state index contributed by atoms with van der Waals surface area (Å²) in [6, 6.07) is 13.4. The molecule has 1 aromatic heterocycles. The lowest BCUT2D eigenvalue weighted by atomic mass is 10.2. The first-order valence-corrected chi connectivity index (χ1v) is 7.43. The molecular formula is C17H16INO2S. The maximum Gasteiger partial charge on any atom is 0.262 e. The van der Waals surface area contributed by atoms with Crippen LogP contribution in [0.4, 0.5) is 0 Å². The number of phenols is 1. The summed E-state index contributed by atoms with van der Waals surface area (Å²) < 4.78 is 8.60. The van der Waals surface area contributed by atoms with Crippen LogP contribution in [0.5, 0.6) is 11.5 Å². The largest absolute Gasteiger partial charge is 1.00 e. The summed E-state index contributed by atoms with van der Waals surface area (Å²) in [6.07, 6.45) is 3.95. The summed E-state index contributed by atoms with van der Waals surface area (Å²) in [5.74, 6) is 1.14. The number of phenolic OH excluding ortho intramolecular Hbond substituents is 1. The number of aryl methyl sites for hydroxylation is 1. The van der Waals surface area contributed by atoms with E-state index in [4.69, 9.17) is 4.74 Å². The number of fused-ring (bicyclic) bond motifs is 1. The van der Waals surface area contributed by atoms with E-state index < -0.39 is 0 Å². The van der Waals surface area contributed by atoms with Gasteiger partial charge in [-0.15, -0.1) is 0 Å². The van der Waals surface area contributed by atoms with Gasteiger partial charge in [-0.25, -0.2) is 0 Å². The number of hydrogen-bond donors (Lipinski definition) is 1. The van der Waals surface area contributed by atoms with Crippen LogP contribution in [0, 0.1) is 0 Å². The minimum absolute atomic E-state index is 0. The number of thiazole rings is 1. The van der Waals surface area contributed by atoms with Gasteiger partial charge in [-0.05, 0) is 24.3 Å². The average Bonchev–Trinajstić information content (AvgIpc) is 2.82. The number of hydrogen-bond acceptors (Lipinski definition) is 3. The number of ether oxygens (including phenoxy) is 1. The zero-order valence-corrected chi connectivity index (χ0v) is 15.3. The molecule has 0 aliphatic heterocycles. The first-order chi connectivity index (χ1) is 10.2. The Balaban J connectivity index is 0.00000176. The molecule has 2 aromatic carbocycles. The van der Waals surface area contributed by atoms with Crippen molar-refractivity contribution in [2.24, 2.45) is 7.05 Å². The number of aromatic nitrogens is 1.